The van der Waals surface area contributed by atoms with Gasteiger partial charge in [0.2, 0.25) is 0 Å². The van der Waals surface area contributed by atoms with Gasteiger partial charge in [-0.15, -0.1) is 11.3 Å². The Hall–Kier alpha value is -1.63. The molecule has 0 aliphatic rings. The number of thiazole rings is 1. The summed E-state index contributed by atoms with van der Waals surface area (Å²) in [7, 11) is 0. The first-order valence-electron chi connectivity index (χ1n) is 4.57. The number of aromatic amines is 2. The first kappa shape index (κ1) is 9.91. The van der Waals surface area contributed by atoms with Crippen molar-refractivity contribution in [3.8, 4) is 0 Å². The van der Waals surface area contributed by atoms with Gasteiger partial charge in [-0.3, -0.25) is 4.98 Å². The highest BCUT2D eigenvalue weighted by atomic mass is 32.1. The largest absolute Gasteiger partial charge is 0.375 e. The number of nitrogen functional groups attached to an aromatic ring is 1. The van der Waals surface area contributed by atoms with Gasteiger partial charge in [-0.2, -0.15) is 5.10 Å². The third kappa shape index (κ3) is 2.66. The fourth-order valence-corrected chi connectivity index (χ4v) is 1.90. The molecular weight excluding hydrogens is 214 g/mol. The topological polar surface area (TPSA) is 100 Å². The molecule has 7 heteroatoms. The van der Waals surface area contributed by atoms with Crippen LogP contribution in [-0.4, -0.2) is 20.2 Å². The lowest BCUT2D eigenvalue weighted by Gasteiger charge is -1.94. The standard InChI is InChI=1S/C8H11N5OS/c9-7-10-5(4-15-7)2-1-3-6-11-8(14)13-12-6/h4H,1-3H2,(H2,9,10)(H2,11,12,13,14). The highest BCUT2D eigenvalue weighted by molar-refractivity contribution is 7.13. The second-order valence-corrected chi connectivity index (χ2v) is 4.04. The Labute approximate surface area is 89.6 Å². The molecule has 0 aliphatic carbocycles. The lowest BCUT2D eigenvalue weighted by Crippen LogP contribution is -2.01. The fraction of sp³-hybridized carbons (Fsp3) is 0.375. The summed E-state index contributed by atoms with van der Waals surface area (Å²) in [5.74, 6) is 0.684. The van der Waals surface area contributed by atoms with Crippen LogP contribution in [0.3, 0.4) is 0 Å². The number of aromatic nitrogens is 4. The first-order chi connectivity index (χ1) is 7.24. The maximum Gasteiger partial charge on any atom is 0.340 e. The molecule has 0 spiro atoms. The van der Waals surface area contributed by atoms with Gasteiger partial charge in [-0.05, 0) is 12.8 Å². The summed E-state index contributed by atoms with van der Waals surface area (Å²) >= 11 is 1.44. The Morgan fingerprint density at radius 2 is 2.33 bits per heavy atom. The van der Waals surface area contributed by atoms with Crippen molar-refractivity contribution < 1.29 is 0 Å². The van der Waals surface area contributed by atoms with Crippen molar-refractivity contribution in [1.29, 1.82) is 0 Å². The molecular formula is C8H11N5OS. The molecule has 2 heterocycles. The van der Waals surface area contributed by atoms with Crippen molar-refractivity contribution >= 4 is 16.5 Å². The van der Waals surface area contributed by atoms with Crippen LogP contribution >= 0.6 is 11.3 Å². The molecule has 6 nitrogen and oxygen atoms in total. The Kier molecular flexibility index (Phi) is 2.82. The Balaban J connectivity index is 1.82. The average Bonchev–Trinajstić information content (AvgIpc) is 2.76. The van der Waals surface area contributed by atoms with Crippen molar-refractivity contribution in [2.24, 2.45) is 0 Å². The molecule has 0 fully saturated rings. The van der Waals surface area contributed by atoms with Crippen molar-refractivity contribution in [1.82, 2.24) is 20.2 Å². The van der Waals surface area contributed by atoms with Crippen molar-refractivity contribution in [2.75, 3.05) is 5.73 Å². The number of H-pyrrole nitrogens is 2. The van der Waals surface area contributed by atoms with Crippen LogP contribution in [0.5, 0.6) is 0 Å². The zero-order valence-electron chi connectivity index (χ0n) is 7.99. The predicted octanol–water partition coefficient (Wildman–Crippen LogP) is 0.312. The maximum absolute atomic E-state index is 10.7. The van der Waals surface area contributed by atoms with Crippen molar-refractivity contribution in [2.45, 2.75) is 19.3 Å². The van der Waals surface area contributed by atoms with Gasteiger partial charge < -0.3 is 5.73 Å². The van der Waals surface area contributed by atoms with Gasteiger partial charge in [0.15, 0.2) is 5.13 Å². The molecule has 2 aromatic heterocycles. The van der Waals surface area contributed by atoms with Crippen molar-refractivity contribution in [3.05, 3.63) is 27.4 Å². The molecule has 2 rings (SSSR count). The quantitative estimate of drug-likeness (QED) is 0.697. The molecule has 0 radical (unpaired) electrons. The normalized spacial score (nSPS) is 10.7. The predicted molar refractivity (Wildman–Crippen MR) is 57.8 cm³/mol. The van der Waals surface area contributed by atoms with Gasteiger partial charge >= 0.3 is 5.69 Å². The molecule has 0 aliphatic heterocycles. The van der Waals surface area contributed by atoms with Crippen LogP contribution in [0, 0.1) is 0 Å². The van der Waals surface area contributed by atoms with E-state index in [0.717, 1.165) is 25.0 Å². The maximum atomic E-state index is 10.7. The summed E-state index contributed by atoms with van der Waals surface area (Å²) in [6, 6.07) is 0. The highest BCUT2D eigenvalue weighted by Gasteiger charge is 2.01. The molecule has 0 unspecified atom stereocenters. The summed E-state index contributed by atoms with van der Waals surface area (Å²) in [6.45, 7) is 0. The van der Waals surface area contributed by atoms with Crippen LogP contribution in [0.25, 0.3) is 0 Å². The van der Waals surface area contributed by atoms with Crippen molar-refractivity contribution in [3.63, 3.8) is 0 Å². The molecule has 0 bridgehead atoms. The number of anilines is 1. The minimum Gasteiger partial charge on any atom is -0.375 e. The van der Waals surface area contributed by atoms with E-state index in [4.69, 9.17) is 5.73 Å². The third-order valence-electron chi connectivity index (χ3n) is 1.97. The minimum atomic E-state index is -0.261. The second kappa shape index (κ2) is 4.26. The zero-order valence-corrected chi connectivity index (χ0v) is 8.80. The van der Waals surface area contributed by atoms with E-state index in [2.05, 4.69) is 20.2 Å². The van der Waals surface area contributed by atoms with Crippen LogP contribution in [0.1, 0.15) is 17.9 Å². The average molecular weight is 225 g/mol. The zero-order chi connectivity index (χ0) is 10.7. The van der Waals surface area contributed by atoms with Crippen LogP contribution in [0.15, 0.2) is 10.2 Å². The monoisotopic (exact) mass is 225 g/mol. The molecule has 0 saturated carbocycles. The van der Waals surface area contributed by atoms with E-state index in [1.165, 1.54) is 11.3 Å². The summed E-state index contributed by atoms with van der Waals surface area (Å²) in [5.41, 5.74) is 6.24. The van der Waals surface area contributed by atoms with Gasteiger partial charge in [-0.1, -0.05) is 0 Å². The second-order valence-electron chi connectivity index (χ2n) is 3.16. The molecule has 0 aromatic carbocycles. The van der Waals surface area contributed by atoms with Gasteiger partial charge in [0.05, 0.1) is 5.69 Å². The lowest BCUT2D eigenvalue weighted by molar-refractivity contribution is 0.764. The van der Waals surface area contributed by atoms with E-state index < -0.39 is 0 Å². The number of rotatable bonds is 4. The fourth-order valence-electron chi connectivity index (χ4n) is 1.30. The van der Waals surface area contributed by atoms with E-state index >= 15 is 0 Å². The smallest absolute Gasteiger partial charge is 0.340 e. The molecule has 2 aromatic rings. The Bertz CT molecular complexity index is 485. The molecule has 0 saturated heterocycles. The highest BCUT2D eigenvalue weighted by Crippen LogP contribution is 2.12. The summed E-state index contributed by atoms with van der Waals surface area (Å²) in [6.07, 6.45) is 2.47. The van der Waals surface area contributed by atoms with E-state index in [1.807, 2.05) is 5.38 Å². The number of aryl methyl sites for hydroxylation is 2. The molecule has 0 amide bonds. The van der Waals surface area contributed by atoms with Crippen LogP contribution in [0.4, 0.5) is 5.13 Å². The summed E-state index contributed by atoms with van der Waals surface area (Å²) in [4.78, 5) is 17.5. The van der Waals surface area contributed by atoms with Crippen LogP contribution in [0.2, 0.25) is 0 Å². The SMILES string of the molecule is Nc1nc(CCCc2n[nH]c(=O)[nH]2)cs1. The van der Waals surface area contributed by atoms with E-state index in [1.54, 1.807) is 0 Å². The van der Waals surface area contributed by atoms with Gasteiger partial charge in [-0.25, -0.2) is 14.9 Å². The van der Waals surface area contributed by atoms with E-state index in [-0.39, 0.29) is 5.69 Å². The molecule has 15 heavy (non-hydrogen) atoms. The molecule has 4 N–H and O–H groups in total. The lowest BCUT2D eigenvalue weighted by atomic mass is 10.2. The number of hydrogen-bond acceptors (Lipinski definition) is 5. The Morgan fingerprint density at radius 3 is 2.93 bits per heavy atom. The van der Waals surface area contributed by atoms with E-state index in [9.17, 15) is 4.79 Å². The number of nitrogens with one attached hydrogen (secondary N) is 2. The van der Waals surface area contributed by atoms with Crippen LogP contribution < -0.4 is 11.4 Å². The molecule has 0 atom stereocenters. The number of nitrogens with zero attached hydrogens (tertiary/aromatic N) is 2. The summed E-state index contributed by atoms with van der Waals surface area (Å²) < 4.78 is 0. The van der Waals surface area contributed by atoms with Gasteiger partial charge in [0, 0.05) is 11.8 Å². The minimum absolute atomic E-state index is 0.261. The molecule has 80 valence electrons. The Morgan fingerprint density at radius 1 is 1.47 bits per heavy atom. The van der Waals surface area contributed by atoms with Gasteiger partial charge in [0.1, 0.15) is 5.82 Å². The number of hydrogen-bond donors (Lipinski definition) is 3. The van der Waals surface area contributed by atoms with Crippen LogP contribution in [-0.2, 0) is 12.8 Å². The van der Waals surface area contributed by atoms with Gasteiger partial charge in [0.25, 0.3) is 0 Å². The first-order valence-corrected chi connectivity index (χ1v) is 5.45. The third-order valence-corrected chi connectivity index (χ3v) is 2.69. The number of nitrogens with two attached hydrogens (primary N) is 1. The van der Waals surface area contributed by atoms with E-state index in [0.29, 0.717) is 11.0 Å². The summed E-state index contributed by atoms with van der Waals surface area (Å²) in [5, 5.41) is 8.69.